The van der Waals surface area contributed by atoms with E-state index in [1.807, 2.05) is 0 Å². The van der Waals surface area contributed by atoms with Gasteiger partial charge in [-0.3, -0.25) is 9.69 Å². The van der Waals surface area contributed by atoms with Gasteiger partial charge in [0.25, 0.3) is 0 Å². The Kier molecular flexibility index (Phi) is 3.72. The van der Waals surface area contributed by atoms with Crippen LogP contribution in [0.3, 0.4) is 0 Å². The van der Waals surface area contributed by atoms with Crippen LogP contribution in [0.5, 0.6) is 0 Å². The SMILES string of the molecule is CC[C@@H]1CCCCN1[C@@H](C)C(=O)O. The zero-order valence-corrected chi connectivity index (χ0v) is 8.49. The van der Waals surface area contributed by atoms with Gasteiger partial charge in [-0.25, -0.2) is 0 Å². The summed E-state index contributed by atoms with van der Waals surface area (Å²) in [6.45, 7) is 4.87. The zero-order chi connectivity index (χ0) is 9.84. The Morgan fingerprint density at radius 3 is 2.85 bits per heavy atom. The van der Waals surface area contributed by atoms with Crippen molar-refractivity contribution in [3.8, 4) is 0 Å². The molecule has 0 aromatic rings. The minimum Gasteiger partial charge on any atom is -0.480 e. The topological polar surface area (TPSA) is 40.5 Å². The van der Waals surface area contributed by atoms with Crippen LogP contribution in [-0.4, -0.2) is 34.6 Å². The number of hydrogen-bond donors (Lipinski definition) is 1. The summed E-state index contributed by atoms with van der Waals surface area (Å²) in [6.07, 6.45) is 4.63. The second-order valence-corrected chi connectivity index (χ2v) is 3.81. The van der Waals surface area contributed by atoms with Crippen LogP contribution in [0.1, 0.15) is 39.5 Å². The smallest absolute Gasteiger partial charge is 0.320 e. The Balaban J connectivity index is 2.58. The van der Waals surface area contributed by atoms with Crippen LogP contribution in [0.15, 0.2) is 0 Å². The highest BCUT2D eigenvalue weighted by Gasteiger charge is 2.28. The number of carbonyl (C=O) groups is 1. The molecule has 1 fully saturated rings. The monoisotopic (exact) mass is 185 g/mol. The Labute approximate surface area is 79.7 Å². The van der Waals surface area contributed by atoms with E-state index in [0.717, 1.165) is 25.8 Å². The number of hydrogen-bond acceptors (Lipinski definition) is 2. The third-order valence-corrected chi connectivity index (χ3v) is 3.00. The van der Waals surface area contributed by atoms with E-state index in [1.54, 1.807) is 6.92 Å². The fraction of sp³-hybridized carbons (Fsp3) is 0.900. The van der Waals surface area contributed by atoms with E-state index in [9.17, 15) is 4.79 Å². The van der Waals surface area contributed by atoms with Crippen molar-refractivity contribution >= 4 is 5.97 Å². The van der Waals surface area contributed by atoms with Gasteiger partial charge in [0, 0.05) is 6.04 Å². The fourth-order valence-corrected chi connectivity index (χ4v) is 2.11. The maximum Gasteiger partial charge on any atom is 0.320 e. The Hall–Kier alpha value is -0.570. The first kappa shape index (κ1) is 10.5. The van der Waals surface area contributed by atoms with Crippen molar-refractivity contribution < 1.29 is 9.90 Å². The molecule has 76 valence electrons. The molecule has 0 aromatic heterocycles. The molecule has 1 saturated heterocycles. The van der Waals surface area contributed by atoms with Crippen LogP contribution in [-0.2, 0) is 4.79 Å². The van der Waals surface area contributed by atoms with E-state index >= 15 is 0 Å². The van der Waals surface area contributed by atoms with Gasteiger partial charge < -0.3 is 5.11 Å². The summed E-state index contributed by atoms with van der Waals surface area (Å²) in [5, 5.41) is 8.91. The molecule has 1 N–H and O–H groups in total. The number of aliphatic carboxylic acids is 1. The fourth-order valence-electron chi connectivity index (χ4n) is 2.11. The summed E-state index contributed by atoms with van der Waals surface area (Å²) >= 11 is 0. The molecule has 2 atom stereocenters. The zero-order valence-electron chi connectivity index (χ0n) is 8.49. The first-order valence-corrected chi connectivity index (χ1v) is 5.15. The molecule has 1 aliphatic rings. The van der Waals surface area contributed by atoms with Crippen LogP contribution in [0.25, 0.3) is 0 Å². The molecular weight excluding hydrogens is 166 g/mol. The summed E-state index contributed by atoms with van der Waals surface area (Å²) < 4.78 is 0. The number of likely N-dealkylation sites (tertiary alicyclic amines) is 1. The summed E-state index contributed by atoms with van der Waals surface area (Å²) in [4.78, 5) is 12.9. The van der Waals surface area contributed by atoms with Gasteiger partial charge in [-0.1, -0.05) is 13.3 Å². The lowest BCUT2D eigenvalue weighted by Crippen LogP contribution is -2.48. The highest BCUT2D eigenvalue weighted by molar-refractivity contribution is 5.72. The van der Waals surface area contributed by atoms with Gasteiger partial charge in [0.2, 0.25) is 0 Å². The van der Waals surface area contributed by atoms with Crippen LogP contribution >= 0.6 is 0 Å². The van der Waals surface area contributed by atoms with E-state index in [1.165, 1.54) is 6.42 Å². The lowest BCUT2D eigenvalue weighted by Gasteiger charge is -2.37. The second kappa shape index (κ2) is 4.61. The molecule has 0 saturated carbocycles. The summed E-state index contributed by atoms with van der Waals surface area (Å²) in [5.41, 5.74) is 0. The van der Waals surface area contributed by atoms with Gasteiger partial charge in [0.15, 0.2) is 0 Å². The molecule has 0 spiro atoms. The molecule has 3 nitrogen and oxygen atoms in total. The van der Waals surface area contributed by atoms with E-state index in [0.29, 0.717) is 6.04 Å². The molecule has 0 radical (unpaired) electrons. The molecule has 0 amide bonds. The minimum absolute atomic E-state index is 0.315. The van der Waals surface area contributed by atoms with E-state index in [2.05, 4.69) is 11.8 Å². The van der Waals surface area contributed by atoms with Gasteiger partial charge in [-0.05, 0) is 32.7 Å². The van der Waals surface area contributed by atoms with E-state index in [4.69, 9.17) is 5.11 Å². The van der Waals surface area contributed by atoms with Crippen molar-refractivity contribution in [1.82, 2.24) is 4.90 Å². The normalized spacial score (nSPS) is 27.1. The van der Waals surface area contributed by atoms with Gasteiger partial charge in [0.05, 0.1) is 0 Å². The molecule has 13 heavy (non-hydrogen) atoms. The molecule has 1 aliphatic heterocycles. The average Bonchev–Trinajstić information content (AvgIpc) is 2.16. The van der Waals surface area contributed by atoms with Crippen LogP contribution in [0.4, 0.5) is 0 Å². The number of rotatable bonds is 3. The number of carboxylic acids is 1. The third-order valence-electron chi connectivity index (χ3n) is 3.00. The van der Waals surface area contributed by atoms with Crippen molar-refractivity contribution in [2.24, 2.45) is 0 Å². The molecule has 0 aliphatic carbocycles. The summed E-state index contributed by atoms with van der Waals surface area (Å²) in [7, 11) is 0. The van der Waals surface area contributed by atoms with Crippen molar-refractivity contribution in [2.45, 2.75) is 51.6 Å². The molecule has 1 rings (SSSR count). The molecule has 0 aromatic carbocycles. The van der Waals surface area contributed by atoms with E-state index in [-0.39, 0.29) is 6.04 Å². The molecule has 1 heterocycles. The number of piperidine rings is 1. The number of nitrogens with zero attached hydrogens (tertiary/aromatic N) is 1. The molecule has 0 unspecified atom stereocenters. The maximum absolute atomic E-state index is 10.8. The predicted molar refractivity (Wildman–Crippen MR) is 51.7 cm³/mol. The average molecular weight is 185 g/mol. The molecule has 3 heteroatoms. The first-order chi connectivity index (χ1) is 6.16. The lowest BCUT2D eigenvalue weighted by molar-refractivity contribution is -0.144. The maximum atomic E-state index is 10.8. The largest absolute Gasteiger partial charge is 0.480 e. The van der Waals surface area contributed by atoms with Crippen LogP contribution in [0, 0.1) is 0 Å². The predicted octanol–water partition coefficient (Wildman–Crippen LogP) is 1.72. The Bertz CT molecular complexity index is 182. The Morgan fingerprint density at radius 2 is 2.31 bits per heavy atom. The van der Waals surface area contributed by atoms with Gasteiger partial charge in [-0.2, -0.15) is 0 Å². The number of carboxylic acid groups (broad SMARTS) is 1. The van der Waals surface area contributed by atoms with Crippen molar-refractivity contribution in [1.29, 1.82) is 0 Å². The van der Waals surface area contributed by atoms with Crippen molar-refractivity contribution in [3.05, 3.63) is 0 Å². The highest BCUT2D eigenvalue weighted by atomic mass is 16.4. The lowest BCUT2D eigenvalue weighted by atomic mass is 9.98. The van der Waals surface area contributed by atoms with Crippen molar-refractivity contribution in [3.63, 3.8) is 0 Å². The van der Waals surface area contributed by atoms with Gasteiger partial charge >= 0.3 is 5.97 Å². The van der Waals surface area contributed by atoms with Gasteiger partial charge in [0.1, 0.15) is 6.04 Å². The van der Waals surface area contributed by atoms with Crippen LogP contribution < -0.4 is 0 Å². The molecular formula is C10H19NO2. The third kappa shape index (κ3) is 2.44. The summed E-state index contributed by atoms with van der Waals surface area (Å²) in [6, 6.07) is 0.171. The van der Waals surface area contributed by atoms with Crippen molar-refractivity contribution in [2.75, 3.05) is 6.54 Å². The Morgan fingerprint density at radius 1 is 1.62 bits per heavy atom. The van der Waals surface area contributed by atoms with Crippen LogP contribution in [0.2, 0.25) is 0 Å². The second-order valence-electron chi connectivity index (χ2n) is 3.81. The highest BCUT2D eigenvalue weighted by Crippen LogP contribution is 2.21. The van der Waals surface area contributed by atoms with Gasteiger partial charge in [-0.15, -0.1) is 0 Å². The van der Waals surface area contributed by atoms with E-state index < -0.39 is 5.97 Å². The standard InChI is InChI=1S/C10H19NO2/c1-3-9-6-4-5-7-11(9)8(2)10(12)13/h8-9H,3-7H2,1-2H3,(H,12,13)/t8-,9+/m0/s1. The molecule has 0 bridgehead atoms. The minimum atomic E-state index is -0.694. The first-order valence-electron chi connectivity index (χ1n) is 5.15. The quantitative estimate of drug-likeness (QED) is 0.728. The summed E-state index contributed by atoms with van der Waals surface area (Å²) in [5.74, 6) is -0.694.